The fourth-order valence-corrected chi connectivity index (χ4v) is 2.62. The topological polar surface area (TPSA) is 37.8 Å². The molecule has 0 spiro atoms. The van der Waals surface area contributed by atoms with Gasteiger partial charge in [-0.15, -0.1) is 0 Å². The average Bonchev–Trinajstić information content (AvgIpc) is 2.33. The van der Waals surface area contributed by atoms with E-state index in [9.17, 15) is 0 Å². The summed E-state index contributed by atoms with van der Waals surface area (Å²) < 4.78 is 0. The Bertz CT molecular complexity index is 347. The molecule has 1 saturated carbocycles. The third-order valence-corrected chi connectivity index (χ3v) is 4.09. The summed E-state index contributed by atoms with van der Waals surface area (Å²) in [7, 11) is 0. The molecule has 3 unspecified atom stereocenters. The SMILES string of the molecule is Cc1cnc(CNC2CCCC(C)C2C)cn1. The number of nitrogens with zero attached hydrogens (tertiary/aromatic N) is 2. The second kappa shape index (κ2) is 5.58. The first kappa shape index (κ1) is 12.5. The van der Waals surface area contributed by atoms with E-state index in [1.54, 1.807) is 0 Å². The lowest BCUT2D eigenvalue weighted by Crippen LogP contribution is -2.40. The van der Waals surface area contributed by atoms with E-state index < -0.39 is 0 Å². The summed E-state index contributed by atoms with van der Waals surface area (Å²) in [4.78, 5) is 8.66. The summed E-state index contributed by atoms with van der Waals surface area (Å²) in [6, 6.07) is 0.641. The molecule has 0 radical (unpaired) electrons. The van der Waals surface area contributed by atoms with Gasteiger partial charge in [-0.1, -0.05) is 26.7 Å². The molecule has 1 aliphatic carbocycles. The lowest BCUT2D eigenvalue weighted by molar-refractivity contribution is 0.205. The number of nitrogens with one attached hydrogen (secondary N) is 1. The van der Waals surface area contributed by atoms with Crippen LogP contribution in [0.2, 0.25) is 0 Å². The Morgan fingerprint density at radius 2 is 2.06 bits per heavy atom. The van der Waals surface area contributed by atoms with Crippen molar-refractivity contribution in [1.82, 2.24) is 15.3 Å². The van der Waals surface area contributed by atoms with Gasteiger partial charge in [-0.2, -0.15) is 0 Å². The van der Waals surface area contributed by atoms with Gasteiger partial charge in [0.05, 0.1) is 11.4 Å². The first-order chi connectivity index (χ1) is 8.16. The molecule has 0 aliphatic heterocycles. The lowest BCUT2D eigenvalue weighted by Gasteiger charge is -2.34. The van der Waals surface area contributed by atoms with Gasteiger partial charge < -0.3 is 5.32 Å². The maximum atomic E-state index is 4.38. The van der Waals surface area contributed by atoms with E-state index >= 15 is 0 Å². The lowest BCUT2D eigenvalue weighted by atomic mass is 9.78. The quantitative estimate of drug-likeness (QED) is 0.872. The Morgan fingerprint density at radius 3 is 2.76 bits per heavy atom. The highest BCUT2D eigenvalue weighted by Gasteiger charge is 2.26. The first-order valence-corrected chi connectivity index (χ1v) is 6.67. The van der Waals surface area contributed by atoms with Gasteiger partial charge >= 0.3 is 0 Å². The van der Waals surface area contributed by atoms with Crippen molar-refractivity contribution in [3.8, 4) is 0 Å². The average molecular weight is 233 g/mol. The highest BCUT2D eigenvalue weighted by Crippen LogP contribution is 2.29. The van der Waals surface area contributed by atoms with Gasteiger partial charge in [-0.25, -0.2) is 0 Å². The van der Waals surface area contributed by atoms with E-state index in [1.165, 1.54) is 19.3 Å². The van der Waals surface area contributed by atoms with Crippen molar-refractivity contribution in [2.45, 2.75) is 52.6 Å². The van der Waals surface area contributed by atoms with Gasteiger partial charge in [0, 0.05) is 25.0 Å². The van der Waals surface area contributed by atoms with Crippen LogP contribution >= 0.6 is 0 Å². The molecule has 1 N–H and O–H groups in total. The number of hydrogen-bond donors (Lipinski definition) is 1. The first-order valence-electron chi connectivity index (χ1n) is 6.67. The van der Waals surface area contributed by atoms with Crippen LogP contribution in [-0.4, -0.2) is 16.0 Å². The monoisotopic (exact) mass is 233 g/mol. The Hall–Kier alpha value is -0.960. The van der Waals surface area contributed by atoms with Crippen molar-refractivity contribution < 1.29 is 0 Å². The van der Waals surface area contributed by atoms with Crippen LogP contribution in [-0.2, 0) is 6.54 Å². The molecular formula is C14H23N3. The van der Waals surface area contributed by atoms with Gasteiger partial charge in [0.2, 0.25) is 0 Å². The Balaban J connectivity index is 1.87. The predicted octanol–water partition coefficient (Wildman–Crippen LogP) is 2.70. The highest BCUT2D eigenvalue weighted by atomic mass is 14.9. The third-order valence-electron chi connectivity index (χ3n) is 4.09. The fourth-order valence-electron chi connectivity index (χ4n) is 2.62. The standard InChI is InChI=1S/C14H23N3/c1-10-5-4-6-14(12(10)3)17-9-13-8-15-11(2)7-16-13/h7-8,10,12,14,17H,4-6,9H2,1-3H3. The molecule has 0 amide bonds. The molecule has 3 heteroatoms. The Labute approximate surface area is 104 Å². The van der Waals surface area contributed by atoms with Crippen LogP contribution in [0.5, 0.6) is 0 Å². The molecule has 1 aromatic heterocycles. The number of aromatic nitrogens is 2. The molecule has 1 heterocycles. The zero-order valence-electron chi connectivity index (χ0n) is 11.1. The zero-order chi connectivity index (χ0) is 12.3. The van der Waals surface area contributed by atoms with Crippen LogP contribution in [0, 0.1) is 18.8 Å². The van der Waals surface area contributed by atoms with Crippen LogP contribution in [0.1, 0.15) is 44.5 Å². The van der Waals surface area contributed by atoms with Crippen molar-refractivity contribution in [2.75, 3.05) is 0 Å². The summed E-state index contributed by atoms with van der Waals surface area (Å²) in [5.74, 6) is 1.60. The summed E-state index contributed by atoms with van der Waals surface area (Å²) in [6.07, 6.45) is 7.74. The van der Waals surface area contributed by atoms with Crippen molar-refractivity contribution >= 4 is 0 Å². The number of rotatable bonds is 3. The van der Waals surface area contributed by atoms with Crippen molar-refractivity contribution in [1.29, 1.82) is 0 Å². The van der Waals surface area contributed by atoms with Crippen LogP contribution in [0.25, 0.3) is 0 Å². The van der Waals surface area contributed by atoms with Crippen molar-refractivity contribution in [2.24, 2.45) is 11.8 Å². The van der Waals surface area contributed by atoms with Crippen molar-refractivity contribution in [3.05, 3.63) is 23.8 Å². The molecule has 3 nitrogen and oxygen atoms in total. The molecule has 17 heavy (non-hydrogen) atoms. The van der Waals surface area contributed by atoms with Gasteiger partial charge in [0.25, 0.3) is 0 Å². The maximum Gasteiger partial charge on any atom is 0.0724 e. The maximum absolute atomic E-state index is 4.38. The summed E-state index contributed by atoms with van der Waals surface area (Å²) in [5.41, 5.74) is 2.02. The molecule has 0 aromatic carbocycles. The molecule has 3 atom stereocenters. The molecule has 2 rings (SSSR count). The molecule has 0 saturated heterocycles. The van der Waals surface area contributed by atoms with Crippen LogP contribution < -0.4 is 5.32 Å². The molecule has 94 valence electrons. The van der Waals surface area contributed by atoms with Crippen molar-refractivity contribution in [3.63, 3.8) is 0 Å². The van der Waals surface area contributed by atoms with Crippen LogP contribution in [0.3, 0.4) is 0 Å². The molecule has 1 aliphatic rings. The van der Waals surface area contributed by atoms with Gasteiger partial charge in [-0.05, 0) is 25.2 Å². The van der Waals surface area contributed by atoms with E-state index in [0.29, 0.717) is 6.04 Å². The largest absolute Gasteiger partial charge is 0.308 e. The Morgan fingerprint density at radius 1 is 1.24 bits per heavy atom. The van der Waals surface area contributed by atoms with E-state index in [1.807, 2.05) is 19.3 Å². The molecule has 1 aromatic rings. The zero-order valence-corrected chi connectivity index (χ0v) is 11.1. The minimum Gasteiger partial charge on any atom is -0.308 e. The normalized spacial score (nSPS) is 29.2. The third kappa shape index (κ3) is 3.25. The summed E-state index contributed by atoms with van der Waals surface area (Å²) in [5, 5.41) is 3.64. The number of aryl methyl sites for hydroxylation is 1. The number of hydrogen-bond acceptors (Lipinski definition) is 3. The van der Waals surface area contributed by atoms with E-state index in [-0.39, 0.29) is 0 Å². The fraction of sp³-hybridized carbons (Fsp3) is 0.714. The van der Waals surface area contributed by atoms with Gasteiger partial charge in [0.1, 0.15) is 0 Å². The second-order valence-electron chi connectivity index (χ2n) is 5.40. The van der Waals surface area contributed by atoms with Crippen LogP contribution in [0.15, 0.2) is 12.4 Å². The van der Waals surface area contributed by atoms with Crippen LogP contribution in [0.4, 0.5) is 0 Å². The highest BCUT2D eigenvalue weighted by molar-refractivity contribution is 5.00. The minimum absolute atomic E-state index is 0.641. The summed E-state index contributed by atoms with van der Waals surface area (Å²) >= 11 is 0. The van der Waals surface area contributed by atoms with Gasteiger partial charge in [0.15, 0.2) is 0 Å². The minimum atomic E-state index is 0.641. The van der Waals surface area contributed by atoms with E-state index in [2.05, 4.69) is 29.1 Å². The Kier molecular flexibility index (Phi) is 4.11. The molecular weight excluding hydrogens is 210 g/mol. The second-order valence-corrected chi connectivity index (χ2v) is 5.40. The predicted molar refractivity (Wildman–Crippen MR) is 69.6 cm³/mol. The van der Waals surface area contributed by atoms with E-state index in [4.69, 9.17) is 0 Å². The molecule has 1 fully saturated rings. The molecule has 0 bridgehead atoms. The summed E-state index contributed by atoms with van der Waals surface area (Å²) in [6.45, 7) is 7.54. The van der Waals surface area contributed by atoms with E-state index in [0.717, 1.165) is 29.8 Å². The van der Waals surface area contributed by atoms with Gasteiger partial charge in [-0.3, -0.25) is 9.97 Å². The smallest absolute Gasteiger partial charge is 0.0724 e.